The van der Waals surface area contributed by atoms with Gasteiger partial charge in [0.2, 0.25) is 0 Å². The third-order valence-corrected chi connectivity index (χ3v) is 1.35. The Hall–Kier alpha value is -1.72. The van der Waals surface area contributed by atoms with Crippen LogP contribution >= 0.6 is 0 Å². The summed E-state index contributed by atoms with van der Waals surface area (Å²) in [5.41, 5.74) is 4.65. The van der Waals surface area contributed by atoms with Crippen molar-refractivity contribution in [3.8, 4) is 0 Å². The molecule has 1 aromatic rings. The van der Waals surface area contributed by atoms with Crippen LogP contribution in [-0.2, 0) is 11.2 Å². The first-order valence-electron chi connectivity index (χ1n) is 3.33. The van der Waals surface area contributed by atoms with Crippen LogP contribution in [0.2, 0.25) is 0 Å². The van der Waals surface area contributed by atoms with Gasteiger partial charge in [-0.15, -0.1) is 0 Å². The van der Waals surface area contributed by atoms with Crippen molar-refractivity contribution in [1.29, 1.82) is 0 Å². The second-order valence-corrected chi connectivity index (χ2v) is 2.35. The number of nitrogen functional groups attached to an aromatic ring is 1. The highest BCUT2D eigenvalue weighted by atomic mass is 19.1. The lowest BCUT2D eigenvalue weighted by molar-refractivity contribution is -0.136. The maximum Gasteiger partial charge on any atom is 0.309 e. The Balaban J connectivity index is 3.08. The number of anilines is 1. The number of carboxylic acid groups (broad SMARTS) is 1. The van der Waals surface area contributed by atoms with Gasteiger partial charge in [-0.1, -0.05) is 0 Å². The second-order valence-electron chi connectivity index (χ2n) is 2.35. The number of nitrogens with two attached hydrogens (primary N) is 1. The zero-order valence-electron chi connectivity index (χ0n) is 6.42. The molecule has 1 aromatic heterocycles. The van der Waals surface area contributed by atoms with Gasteiger partial charge in [0.1, 0.15) is 5.82 Å². The molecule has 3 N–H and O–H groups in total. The lowest BCUT2D eigenvalue weighted by Gasteiger charge is -2.01. The average molecular weight is 188 g/mol. The summed E-state index contributed by atoms with van der Waals surface area (Å²) in [5, 5.41) is 8.31. The molecular formula is C7H6F2N2O2. The second kappa shape index (κ2) is 3.34. The van der Waals surface area contributed by atoms with E-state index in [0.29, 0.717) is 6.07 Å². The Morgan fingerprint density at radius 1 is 1.54 bits per heavy atom. The molecule has 0 saturated carbocycles. The van der Waals surface area contributed by atoms with Crippen LogP contribution in [0.1, 0.15) is 5.69 Å². The number of carbonyl (C=O) groups is 1. The van der Waals surface area contributed by atoms with Gasteiger partial charge in [0.15, 0.2) is 11.6 Å². The van der Waals surface area contributed by atoms with E-state index in [1.54, 1.807) is 0 Å². The van der Waals surface area contributed by atoms with Crippen LogP contribution in [0.4, 0.5) is 14.6 Å². The summed E-state index contributed by atoms with van der Waals surface area (Å²) in [4.78, 5) is 13.4. The van der Waals surface area contributed by atoms with E-state index in [9.17, 15) is 13.6 Å². The molecule has 0 aromatic carbocycles. The van der Waals surface area contributed by atoms with Crippen LogP contribution in [0.3, 0.4) is 0 Å². The number of hydrogen-bond donors (Lipinski definition) is 2. The summed E-state index contributed by atoms with van der Waals surface area (Å²) in [7, 11) is 0. The maximum atomic E-state index is 12.8. The van der Waals surface area contributed by atoms with Crippen LogP contribution in [0.15, 0.2) is 6.07 Å². The molecule has 0 unspecified atom stereocenters. The third kappa shape index (κ3) is 2.11. The molecule has 0 bridgehead atoms. The fraction of sp³-hybridized carbons (Fsp3) is 0.143. The number of pyridine rings is 1. The first kappa shape index (κ1) is 9.37. The topological polar surface area (TPSA) is 76.2 Å². The van der Waals surface area contributed by atoms with Gasteiger partial charge >= 0.3 is 5.97 Å². The quantitative estimate of drug-likeness (QED) is 0.711. The molecule has 0 radical (unpaired) electrons. The number of carboxylic acids is 1. The zero-order valence-corrected chi connectivity index (χ0v) is 6.42. The lowest BCUT2D eigenvalue weighted by Crippen LogP contribution is -2.08. The molecule has 0 saturated heterocycles. The highest BCUT2D eigenvalue weighted by Crippen LogP contribution is 2.12. The molecule has 0 aliphatic carbocycles. The van der Waals surface area contributed by atoms with E-state index in [2.05, 4.69) is 4.98 Å². The largest absolute Gasteiger partial charge is 0.481 e. The Morgan fingerprint density at radius 3 is 2.69 bits per heavy atom. The van der Waals surface area contributed by atoms with Gasteiger partial charge in [-0.25, -0.2) is 13.8 Å². The molecule has 0 aliphatic rings. The normalized spacial score (nSPS) is 10.0. The van der Waals surface area contributed by atoms with E-state index in [0.717, 1.165) is 0 Å². The van der Waals surface area contributed by atoms with E-state index >= 15 is 0 Å². The third-order valence-electron chi connectivity index (χ3n) is 1.35. The summed E-state index contributed by atoms with van der Waals surface area (Å²) in [5.74, 6) is -3.75. The Morgan fingerprint density at radius 2 is 2.15 bits per heavy atom. The van der Waals surface area contributed by atoms with Gasteiger partial charge in [0.25, 0.3) is 0 Å². The highest BCUT2D eigenvalue weighted by molar-refractivity contribution is 5.69. The zero-order chi connectivity index (χ0) is 10.0. The molecule has 0 aliphatic heterocycles. The number of rotatable bonds is 2. The van der Waals surface area contributed by atoms with Gasteiger partial charge in [-0.2, -0.15) is 0 Å². The minimum Gasteiger partial charge on any atom is -0.481 e. The van der Waals surface area contributed by atoms with E-state index in [1.165, 1.54) is 0 Å². The van der Waals surface area contributed by atoms with Crippen molar-refractivity contribution in [2.75, 3.05) is 5.73 Å². The maximum absolute atomic E-state index is 12.8. The van der Waals surface area contributed by atoms with Crippen LogP contribution in [-0.4, -0.2) is 16.1 Å². The molecule has 70 valence electrons. The van der Waals surface area contributed by atoms with Crippen molar-refractivity contribution in [1.82, 2.24) is 4.98 Å². The number of aromatic nitrogens is 1. The van der Waals surface area contributed by atoms with Gasteiger partial charge < -0.3 is 10.8 Å². The smallest absolute Gasteiger partial charge is 0.309 e. The molecular weight excluding hydrogens is 182 g/mol. The predicted molar refractivity (Wildman–Crippen MR) is 39.9 cm³/mol. The predicted octanol–water partition coefficient (Wildman–Crippen LogP) is 0.569. The van der Waals surface area contributed by atoms with Crippen molar-refractivity contribution >= 4 is 11.8 Å². The first-order valence-corrected chi connectivity index (χ1v) is 3.33. The monoisotopic (exact) mass is 188 g/mol. The number of nitrogens with zero attached hydrogens (tertiary/aromatic N) is 1. The van der Waals surface area contributed by atoms with E-state index in [1.807, 2.05) is 0 Å². The minimum absolute atomic E-state index is 0.369. The SMILES string of the molecule is Nc1nc(CC(=O)O)c(F)cc1F. The fourth-order valence-electron chi connectivity index (χ4n) is 0.788. The van der Waals surface area contributed by atoms with Gasteiger partial charge in [0, 0.05) is 6.07 Å². The Bertz CT molecular complexity index is 355. The van der Waals surface area contributed by atoms with Gasteiger partial charge in [-0.3, -0.25) is 4.79 Å². The molecule has 0 atom stereocenters. The van der Waals surface area contributed by atoms with Crippen molar-refractivity contribution in [2.24, 2.45) is 0 Å². The van der Waals surface area contributed by atoms with Crippen LogP contribution < -0.4 is 5.73 Å². The van der Waals surface area contributed by atoms with E-state index in [-0.39, 0.29) is 5.69 Å². The molecule has 1 rings (SSSR count). The Labute approximate surface area is 72.0 Å². The van der Waals surface area contributed by atoms with Crippen molar-refractivity contribution in [3.05, 3.63) is 23.4 Å². The number of hydrogen-bond acceptors (Lipinski definition) is 3. The summed E-state index contributed by atoms with van der Waals surface area (Å²) < 4.78 is 25.3. The molecule has 0 spiro atoms. The van der Waals surface area contributed by atoms with E-state index in [4.69, 9.17) is 10.8 Å². The fourth-order valence-corrected chi connectivity index (χ4v) is 0.788. The minimum atomic E-state index is -1.25. The van der Waals surface area contributed by atoms with E-state index < -0.39 is 29.8 Å². The van der Waals surface area contributed by atoms with Gasteiger partial charge in [-0.05, 0) is 0 Å². The summed E-state index contributed by atoms with van der Waals surface area (Å²) in [6, 6.07) is 0.514. The Kier molecular flexibility index (Phi) is 2.41. The average Bonchev–Trinajstić information content (AvgIpc) is 1.99. The molecule has 0 amide bonds. The first-order chi connectivity index (χ1) is 6.00. The standard InChI is InChI=1S/C7H6F2N2O2/c8-3-1-4(9)7(10)11-5(3)2-6(12)13/h1H,2H2,(H2,10,11)(H,12,13). The number of aliphatic carboxylic acids is 1. The van der Waals surface area contributed by atoms with Crippen molar-refractivity contribution in [2.45, 2.75) is 6.42 Å². The summed E-state index contributed by atoms with van der Waals surface area (Å²) >= 11 is 0. The van der Waals surface area contributed by atoms with Crippen LogP contribution in [0, 0.1) is 11.6 Å². The molecule has 13 heavy (non-hydrogen) atoms. The summed E-state index contributed by atoms with van der Waals surface area (Å²) in [6.07, 6.45) is -0.615. The molecule has 4 nitrogen and oxygen atoms in total. The van der Waals surface area contributed by atoms with Crippen LogP contribution in [0.5, 0.6) is 0 Å². The van der Waals surface area contributed by atoms with Crippen LogP contribution in [0.25, 0.3) is 0 Å². The number of halogens is 2. The molecule has 0 fully saturated rings. The summed E-state index contributed by atoms with van der Waals surface area (Å²) in [6.45, 7) is 0. The van der Waals surface area contributed by atoms with Crippen molar-refractivity contribution in [3.63, 3.8) is 0 Å². The van der Waals surface area contributed by atoms with Crippen molar-refractivity contribution < 1.29 is 18.7 Å². The highest BCUT2D eigenvalue weighted by Gasteiger charge is 2.12. The molecule has 6 heteroatoms. The van der Waals surface area contributed by atoms with Gasteiger partial charge in [0.05, 0.1) is 12.1 Å². The lowest BCUT2D eigenvalue weighted by atomic mass is 10.2. The molecule has 1 heterocycles.